The first-order valence-corrected chi connectivity index (χ1v) is 9.99. The SMILES string of the molecule is Cc1cccc(NC(=O)c2cc3c(c4ccccc4n3CC3CC3)n2C)c1C. The van der Waals surface area contributed by atoms with Gasteiger partial charge in [-0.25, -0.2) is 0 Å². The van der Waals surface area contributed by atoms with Crippen LogP contribution in [0.15, 0.2) is 48.5 Å². The first kappa shape index (κ1) is 17.1. The Hall–Kier alpha value is -3.01. The largest absolute Gasteiger partial charge is 0.339 e. The molecule has 1 amide bonds. The fourth-order valence-corrected chi connectivity index (χ4v) is 4.20. The van der Waals surface area contributed by atoms with Crippen LogP contribution in [0.3, 0.4) is 0 Å². The molecule has 1 aliphatic carbocycles. The molecule has 1 aliphatic rings. The number of aryl methyl sites for hydroxylation is 2. The molecule has 0 saturated heterocycles. The summed E-state index contributed by atoms with van der Waals surface area (Å²) in [6.45, 7) is 5.14. The average Bonchev–Trinajstić information content (AvgIpc) is 3.37. The van der Waals surface area contributed by atoms with Crippen LogP contribution in [0.25, 0.3) is 21.9 Å². The van der Waals surface area contributed by atoms with Crippen molar-refractivity contribution < 1.29 is 4.79 Å². The maximum absolute atomic E-state index is 13.1. The van der Waals surface area contributed by atoms with Crippen LogP contribution in [0.5, 0.6) is 0 Å². The van der Waals surface area contributed by atoms with E-state index in [0.29, 0.717) is 5.69 Å². The zero-order chi connectivity index (χ0) is 19.4. The number of benzene rings is 2. The molecule has 5 rings (SSSR count). The lowest BCUT2D eigenvalue weighted by Crippen LogP contribution is -2.16. The van der Waals surface area contributed by atoms with E-state index in [9.17, 15) is 4.79 Å². The third kappa shape index (κ3) is 2.63. The lowest BCUT2D eigenvalue weighted by atomic mass is 10.1. The predicted octanol–water partition coefficient (Wildman–Crippen LogP) is 5.41. The Morgan fingerprint density at radius 1 is 1.07 bits per heavy atom. The van der Waals surface area contributed by atoms with Crippen molar-refractivity contribution in [3.63, 3.8) is 0 Å². The van der Waals surface area contributed by atoms with Gasteiger partial charge in [-0.2, -0.15) is 0 Å². The minimum absolute atomic E-state index is 0.0607. The molecule has 142 valence electrons. The van der Waals surface area contributed by atoms with Gasteiger partial charge in [0.2, 0.25) is 0 Å². The van der Waals surface area contributed by atoms with Crippen molar-refractivity contribution in [2.75, 3.05) is 5.32 Å². The molecule has 4 nitrogen and oxygen atoms in total. The molecule has 1 saturated carbocycles. The zero-order valence-corrected chi connectivity index (χ0v) is 16.6. The Balaban J connectivity index is 1.61. The molecule has 0 atom stereocenters. The minimum atomic E-state index is -0.0607. The van der Waals surface area contributed by atoms with E-state index >= 15 is 0 Å². The van der Waals surface area contributed by atoms with Crippen LogP contribution in [0.4, 0.5) is 5.69 Å². The highest BCUT2D eigenvalue weighted by molar-refractivity contribution is 6.12. The highest BCUT2D eigenvalue weighted by Crippen LogP contribution is 2.37. The number of nitrogens with zero attached hydrogens (tertiary/aromatic N) is 2. The molecule has 4 heteroatoms. The van der Waals surface area contributed by atoms with Crippen molar-refractivity contribution in [1.82, 2.24) is 9.13 Å². The van der Waals surface area contributed by atoms with Crippen molar-refractivity contribution in [3.8, 4) is 0 Å². The van der Waals surface area contributed by atoms with Gasteiger partial charge >= 0.3 is 0 Å². The second-order valence-electron chi connectivity index (χ2n) is 8.10. The number of anilines is 1. The minimum Gasteiger partial charge on any atom is -0.339 e. The Bertz CT molecular complexity index is 1220. The molecule has 0 radical (unpaired) electrons. The van der Waals surface area contributed by atoms with Crippen LogP contribution in [-0.2, 0) is 13.6 Å². The molecule has 4 aromatic rings. The van der Waals surface area contributed by atoms with Crippen molar-refractivity contribution in [2.45, 2.75) is 33.2 Å². The quantitative estimate of drug-likeness (QED) is 0.512. The number of rotatable bonds is 4. The van der Waals surface area contributed by atoms with Crippen LogP contribution in [0.1, 0.15) is 34.5 Å². The number of carbonyl (C=O) groups is 1. The van der Waals surface area contributed by atoms with Gasteiger partial charge in [0, 0.05) is 24.7 Å². The summed E-state index contributed by atoms with van der Waals surface area (Å²) in [5, 5.41) is 4.32. The average molecular weight is 371 g/mol. The zero-order valence-electron chi connectivity index (χ0n) is 16.6. The fourth-order valence-electron chi connectivity index (χ4n) is 4.20. The van der Waals surface area contributed by atoms with E-state index in [1.165, 1.54) is 29.3 Å². The first-order chi connectivity index (χ1) is 13.5. The van der Waals surface area contributed by atoms with Crippen molar-refractivity contribution in [3.05, 3.63) is 65.4 Å². The summed E-state index contributed by atoms with van der Waals surface area (Å²) in [6, 6.07) is 16.6. The molecule has 0 unspecified atom stereocenters. The van der Waals surface area contributed by atoms with Crippen molar-refractivity contribution in [2.24, 2.45) is 13.0 Å². The maximum atomic E-state index is 13.1. The number of hydrogen-bond donors (Lipinski definition) is 1. The number of fused-ring (bicyclic) bond motifs is 3. The lowest BCUT2D eigenvalue weighted by Gasteiger charge is -2.11. The summed E-state index contributed by atoms with van der Waals surface area (Å²) in [4.78, 5) is 13.1. The summed E-state index contributed by atoms with van der Waals surface area (Å²) in [7, 11) is 1.99. The fraction of sp³-hybridized carbons (Fsp3) is 0.292. The van der Waals surface area contributed by atoms with Crippen LogP contribution >= 0.6 is 0 Å². The van der Waals surface area contributed by atoms with E-state index in [4.69, 9.17) is 0 Å². The Morgan fingerprint density at radius 2 is 1.86 bits per heavy atom. The van der Waals surface area contributed by atoms with Crippen LogP contribution in [-0.4, -0.2) is 15.0 Å². The Labute approximate surface area is 164 Å². The van der Waals surface area contributed by atoms with E-state index < -0.39 is 0 Å². The molecule has 2 aromatic heterocycles. The molecular formula is C24H25N3O. The standard InChI is InChI=1S/C24H25N3O/c1-15-7-6-9-19(16(15)2)25-24(28)22-13-21-23(26(22)3)18-8-4-5-10-20(18)27(21)14-17-11-12-17/h4-10,13,17H,11-12,14H2,1-3H3,(H,25,28). The summed E-state index contributed by atoms with van der Waals surface area (Å²) < 4.78 is 4.44. The van der Waals surface area contributed by atoms with Crippen LogP contribution in [0, 0.1) is 19.8 Å². The van der Waals surface area contributed by atoms with Gasteiger partial charge in [-0.05, 0) is 61.9 Å². The Kier molecular flexibility index (Phi) is 3.83. The van der Waals surface area contributed by atoms with Crippen LogP contribution in [0.2, 0.25) is 0 Å². The van der Waals surface area contributed by atoms with Gasteiger partial charge in [0.15, 0.2) is 0 Å². The Morgan fingerprint density at radius 3 is 2.64 bits per heavy atom. The summed E-state index contributed by atoms with van der Waals surface area (Å²) >= 11 is 0. The van der Waals surface area contributed by atoms with Crippen LogP contribution < -0.4 is 5.32 Å². The van der Waals surface area contributed by atoms with Crippen molar-refractivity contribution in [1.29, 1.82) is 0 Å². The molecule has 2 aromatic carbocycles. The smallest absolute Gasteiger partial charge is 0.272 e. The molecule has 1 N–H and O–H groups in total. The highest BCUT2D eigenvalue weighted by atomic mass is 16.1. The van der Waals surface area contributed by atoms with Gasteiger partial charge in [0.25, 0.3) is 5.91 Å². The normalized spacial score (nSPS) is 14.1. The molecule has 2 heterocycles. The summed E-state index contributed by atoms with van der Waals surface area (Å²) in [6.07, 6.45) is 2.61. The van der Waals surface area contributed by atoms with Gasteiger partial charge < -0.3 is 14.5 Å². The third-order valence-corrected chi connectivity index (χ3v) is 6.18. The molecule has 28 heavy (non-hydrogen) atoms. The molecule has 0 spiro atoms. The predicted molar refractivity (Wildman–Crippen MR) is 115 cm³/mol. The lowest BCUT2D eigenvalue weighted by molar-refractivity contribution is 0.101. The highest BCUT2D eigenvalue weighted by Gasteiger charge is 2.26. The van der Waals surface area contributed by atoms with Gasteiger partial charge in [-0.1, -0.05) is 30.3 Å². The van der Waals surface area contributed by atoms with Gasteiger partial charge in [0.05, 0.1) is 16.6 Å². The summed E-state index contributed by atoms with van der Waals surface area (Å²) in [5.41, 5.74) is 7.42. The molecular weight excluding hydrogens is 346 g/mol. The third-order valence-electron chi connectivity index (χ3n) is 6.18. The maximum Gasteiger partial charge on any atom is 0.272 e. The number of aromatic nitrogens is 2. The van der Waals surface area contributed by atoms with Gasteiger partial charge in [-0.15, -0.1) is 0 Å². The van der Waals surface area contributed by atoms with E-state index in [1.54, 1.807) is 0 Å². The van der Waals surface area contributed by atoms with E-state index in [1.807, 2.05) is 30.7 Å². The van der Waals surface area contributed by atoms with E-state index in [-0.39, 0.29) is 5.91 Å². The second kappa shape index (κ2) is 6.26. The first-order valence-electron chi connectivity index (χ1n) is 9.99. The number of amides is 1. The molecule has 0 bridgehead atoms. The number of hydrogen-bond acceptors (Lipinski definition) is 1. The topological polar surface area (TPSA) is 39.0 Å². The van der Waals surface area contributed by atoms with Crippen molar-refractivity contribution >= 4 is 33.5 Å². The van der Waals surface area contributed by atoms with E-state index in [0.717, 1.165) is 34.7 Å². The molecule has 1 fully saturated rings. The van der Waals surface area contributed by atoms with E-state index in [2.05, 4.69) is 53.2 Å². The second-order valence-corrected chi connectivity index (χ2v) is 8.10. The molecule has 0 aliphatic heterocycles. The summed E-state index contributed by atoms with van der Waals surface area (Å²) in [5.74, 6) is 0.709. The number of nitrogens with one attached hydrogen (secondary N) is 1. The number of para-hydroxylation sites is 1. The monoisotopic (exact) mass is 371 g/mol. The number of carbonyl (C=O) groups excluding carboxylic acids is 1. The van der Waals surface area contributed by atoms with Gasteiger partial charge in [0.1, 0.15) is 5.69 Å². The van der Waals surface area contributed by atoms with Gasteiger partial charge in [-0.3, -0.25) is 4.79 Å².